The van der Waals surface area contributed by atoms with E-state index in [-0.39, 0.29) is 50.1 Å². The highest BCUT2D eigenvalue weighted by Gasteiger charge is 2.48. The predicted molar refractivity (Wildman–Crippen MR) is 134 cm³/mol. The van der Waals surface area contributed by atoms with Crippen LogP contribution in [-0.2, 0) is 15.4 Å². The van der Waals surface area contributed by atoms with Gasteiger partial charge in [0.05, 0.1) is 18.0 Å². The van der Waals surface area contributed by atoms with Crippen LogP contribution in [0.1, 0.15) is 28.9 Å². The molecule has 9 nitrogen and oxygen atoms in total. The first-order valence-electron chi connectivity index (χ1n) is 11.8. The SMILES string of the molecule is CS(=O)(=O)N1CC(NC(=O)c2cccc(-c3cnc(NCC4(c5ncccc5F)CC(F)C4)nc3)c2)C1. The minimum Gasteiger partial charge on any atom is -0.353 e. The molecule has 0 spiro atoms. The van der Waals surface area contributed by atoms with Crippen molar-refractivity contribution in [2.75, 3.05) is 31.2 Å². The van der Waals surface area contributed by atoms with Gasteiger partial charge >= 0.3 is 0 Å². The smallest absolute Gasteiger partial charge is 0.251 e. The van der Waals surface area contributed by atoms with E-state index in [1.54, 1.807) is 30.6 Å². The molecule has 2 fully saturated rings. The van der Waals surface area contributed by atoms with Crippen molar-refractivity contribution < 1.29 is 22.0 Å². The van der Waals surface area contributed by atoms with Gasteiger partial charge in [-0.1, -0.05) is 12.1 Å². The van der Waals surface area contributed by atoms with Gasteiger partial charge in [0.1, 0.15) is 12.0 Å². The van der Waals surface area contributed by atoms with Crippen LogP contribution in [0.5, 0.6) is 0 Å². The summed E-state index contributed by atoms with van der Waals surface area (Å²) >= 11 is 0. The number of carbonyl (C=O) groups is 1. The lowest BCUT2D eigenvalue weighted by molar-refractivity contribution is 0.0895. The molecule has 2 aliphatic rings. The molecule has 3 aromatic rings. The van der Waals surface area contributed by atoms with Crippen molar-refractivity contribution in [2.24, 2.45) is 0 Å². The largest absolute Gasteiger partial charge is 0.353 e. The van der Waals surface area contributed by atoms with E-state index in [9.17, 15) is 22.0 Å². The highest BCUT2D eigenvalue weighted by atomic mass is 32.2. The Morgan fingerprint density at radius 3 is 2.49 bits per heavy atom. The van der Waals surface area contributed by atoms with Gasteiger partial charge in [0.25, 0.3) is 5.91 Å². The lowest BCUT2D eigenvalue weighted by Crippen LogP contribution is -2.60. The number of rotatable bonds is 8. The summed E-state index contributed by atoms with van der Waals surface area (Å²) in [5, 5.41) is 5.92. The molecule has 12 heteroatoms. The fraction of sp³-hybridized carbons (Fsp3) is 0.360. The quantitative estimate of drug-likeness (QED) is 0.462. The summed E-state index contributed by atoms with van der Waals surface area (Å²) in [6.45, 7) is 0.758. The number of anilines is 1. The minimum absolute atomic E-state index is 0.175. The summed E-state index contributed by atoms with van der Waals surface area (Å²) in [6.07, 6.45) is 5.20. The van der Waals surface area contributed by atoms with Crippen LogP contribution in [0, 0.1) is 5.82 Å². The summed E-state index contributed by atoms with van der Waals surface area (Å²) < 4.78 is 52.4. The normalized spacial score (nSPS) is 22.1. The summed E-state index contributed by atoms with van der Waals surface area (Å²) in [7, 11) is -3.25. The van der Waals surface area contributed by atoms with Crippen molar-refractivity contribution in [1.29, 1.82) is 0 Å². The number of alkyl halides is 1. The molecule has 1 aliphatic carbocycles. The Hall–Kier alpha value is -3.51. The molecule has 0 atom stereocenters. The third-order valence-electron chi connectivity index (χ3n) is 6.83. The Kier molecular flexibility index (Phi) is 6.63. The molecule has 1 aromatic carbocycles. The predicted octanol–water partition coefficient (Wildman–Crippen LogP) is 2.53. The first-order chi connectivity index (χ1) is 17.6. The molecule has 2 aromatic heterocycles. The van der Waals surface area contributed by atoms with Gasteiger partial charge in [-0.2, -0.15) is 4.31 Å². The number of pyridine rings is 1. The zero-order valence-corrected chi connectivity index (χ0v) is 20.9. The molecule has 1 saturated carbocycles. The van der Waals surface area contributed by atoms with Crippen molar-refractivity contribution in [3.8, 4) is 11.1 Å². The maximum absolute atomic E-state index is 14.3. The van der Waals surface area contributed by atoms with E-state index in [1.165, 1.54) is 22.6 Å². The van der Waals surface area contributed by atoms with Gasteiger partial charge in [-0.15, -0.1) is 0 Å². The minimum atomic E-state index is -3.25. The topological polar surface area (TPSA) is 117 Å². The van der Waals surface area contributed by atoms with E-state index < -0.39 is 27.4 Å². The van der Waals surface area contributed by atoms with Crippen LogP contribution in [0.2, 0.25) is 0 Å². The van der Waals surface area contributed by atoms with Gasteiger partial charge < -0.3 is 10.6 Å². The maximum Gasteiger partial charge on any atom is 0.251 e. The third kappa shape index (κ3) is 5.30. The number of carbonyl (C=O) groups excluding carboxylic acids is 1. The Morgan fingerprint density at radius 2 is 1.84 bits per heavy atom. The van der Waals surface area contributed by atoms with E-state index in [0.29, 0.717) is 17.1 Å². The monoisotopic (exact) mass is 528 g/mol. The van der Waals surface area contributed by atoms with E-state index in [2.05, 4.69) is 25.6 Å². The van der Waals surface area contributed by atoms with E-state index in [0.717, 1.165) is 11.8 Å². The highest BCUT2D eigenvalue weighted by molar-refractivity contribution is 7.88. The third-order valence-corrected chi connectivity index (χ3v) is 8.07. The van der Waals surface area contributed by atoms with E-state index in [1.807, 2.05) is 6.07 Å². The number of benzene rings is 1. The average Bonchev–Trinajstić information content (AvgIpc) is 2.83. The standard InChI is InChI=1S/C25H26F2N6O3S/c1-37(35,36)33-13-20(14-33)32-23(34)17-5-2-4-16(8-17)18-11-29-24(30-12-18)31-15-25(9-19(26)10-25)22-21(27)6-3-7-28-22/h2-8,11-12,19-20H,9-10,13-15H2,1H3,(H,32,34)(H,29,30,31). The second-order valence-corrected chi connectivity index (χ2v) is 11.6. The number of nitrogens with one attached hydrogen (secondary N) is 2. The Balaban J connectivity index is 1.22. The summed E-state index contributed by atoms with van der Waals surface area (Å²) in [5.41, 5.74) is 1.34. The fourth-order valence-corrected chi connectivity index (χ4v) is 5.61. The first-order valence-corrected chi connectivity index (χ1v) is 13.7. The van der Waals surface area contributed by atoms with Crippen LogP contribution in [0.15, 0.2) is 55.0 Å². The van der Waals surface area contributed by atoms with Crippen LogP contribution >= 0.6 is 0 Å². The second kappa shape index (κ2) is 9.75. The Morgan fingerprint density at radius 1 is 1.11 bits per heavy atom. The molecule has 0 bridgehead atoms. The zero-order chi connectivity index (χ0) is 26.2. The van der Waals surface area contributed by atoms with E-state index >= 15 is 0 Å². The second-order valence-electron chi connectivity index (χ2n) is 9.60. The number of aromatic nitrogens is 3. The molecule has 0 unspecified atom stereocenters. The molecule has 0 radical (unpaired) electrons. The van der Waals surface area contributed by atoms with Gasteiger partial charge in [0, 0.05) is 54.8 Å². The van der Waals surface area contributed by atoms with E-state index in [4.69, 9.17) is 0 Å². The molecule has 1 aliphatic heterocycles. The Bertz CT molecular complexity index is 1410. The molecule has 2 N–H and O–H groups in total. The zero-order valence-electron chi connectivity index (χ0n) is 20.1. The van der Waals surface area contributed by atoms with Gasteiger partial charge in [-0.25, -0.2) is 27.2 Å². The lowest BCUT2D eigenvalue weighted by atomic mass is 9.65. The number of hydrogen-bond donors (Lipinski definition) is 2. The van der Waals surface area contributed by atoms with Crippen LogP contribution < -0.4 is 10.6 Å². The molecule has 194 valence electrons. The number of nitrogens with zero attached hydrogens (tertiary/aromatic N) is 4. The summed E-state index contributed by atoms with van der Waals surface area (Å²) in [4.78, 5) is 25.5. The summed E-state index contributed by atoms with van der Waals surface area (Å²) in [6, 6.07) is 9.56. The fourth-order valence-electron chi connectivity index (χ4n) is 4.71. The highest BCUT2D eigenvalue weighted by Crippen LogP contribution is 2.45. The van der Waals surface area contributed by atoms with Gasteiger partial charge in [-0.3, -0.25) is 9.78 Å². The van der Waals surface area contributed by atoms with Crippen LogP contribution in [0.25, 0.3) is 11.1 Å². The molecular formula is C25H26F2N6O3S. The molecule has 1 amide bonds. The Labute approximate surface area is 213 Å². The van der Waals surface area contributed by atoms with Crippen LogP contribution in [0.3, 0.4) is 0 Å². The molecule has 5 rings (SSSR count). The first kappa shape index (κ1) is 25.2. The van der Waals surface area contributed by atoms with Crippen LogP contribution in [-0.4, -0.2) is 71.7 Å². The number of hydrogen-bond acceptors (Lipinski definition) is 7. The number of amides is 1. The molecular weight excluding hydrogens is 502 g/mol. The number of sulfonamides is 1. The van der Waals surface area contributed by atoms with Crippen molar-refractivity contribution >= 4 is 21.9 Å². The maximum atomic E-state index is 14.3. The van der Waals surface area contributed by atoms with Crippen molar-refractivity contribution in [3.63, 3.8) is 0 Å². The molecule has 3 heterocycles. The average molecular weight is 529 g/mol. The van der Waals surface area contributed by atoms with Gasteiger partial charge in [-0.05, 0) is 42.7 Å². The van der Waals surface area contributed by atoms with Crippen molar-refractivity contribution in [3.05, 3.63) is 72.1 Å². The van der Waals surface area contributed by atoms with Gasteiger partial charge in [0.15, 0.2) is 0 Å². The van der Waals surface area contributed by atoms with Crippen LogP contribution in [0.4, 0.5) is 14.7 Å². The number of halogens is 2. The summed E-state index contributed by atoms with van der Waals surface area (Å²) in [5.74, 6) is -0.435. The van der Waals surface area contributed by atoms with Crippen molar-refractivity contribution in [2.45, 2.75) is 30.5 Å². The molecule has 1 saturated heterocycles. The van der Waals surface area contributed by atoms with Crippen molar-refractivity contribution in [1.82, 2.24) is 24.6 Å². The van der Waals surface area contributed by atoms with Gasteiger partial charge in [0.2, 0.25) is 16.0 Å². The molecule has 37 heavy (non-hydrogen) atoms. The lowest BCUT2D eigenvalue weighted by Gasteiger charge is -2.43.